The Morgan fingerprint density at radius 1 is 1.44 bits per heavy atom. The Labute approximate surface area is 108 Å². The molecular weight excluding hydrogens is 224 g/mol. The summed E-state index contributed by atoms with van der Waals surface area (Å²) in [6.45, 7) is 6.07. The molecule has 1 aromatic rings. The Balaban J connectivity index is 1.61. The normalized spacial score (nSPS) is 27.2. The van der Waals surface area contributed by atoms with E-state index < -0.39 is 0 Å². The molecule has 0 radical (unpaired) electrons. The van der Waals surface area contributed by atoms with Gasteiger partial charge in [0.25, 0.3) is 0 Å². The molecule has 1 aliphatic heterocycles. The number of carbonyl (C=O) groups is 1. The lowest BCUT2D eigenvalue weighted by Gasteiger charge is -2.11. The van der Waals surface area contributed by atoms with Crippen LogP contribution in [0.5, 0.6) is 0 Å². The molecule has 1 heterocycles. The summed E-state index contributed by atoms with van der Waals surface area (Å²) in [5.74, 6) is 0.796. The van der Waals surface area contributed by atoms with Gasteiger partial charge in [-0.15, -0.1) is 0 Å². The Bertz CT molecular complexity index is 481. The molecule has 0 spiro atoms. The Kier molecular flexibility index (Phi) is 2.58. The fourth-order valence-corrected chi connectivity index (χ4v) is 2.79. The summed E-state index contributed by atoms with van der Waals surface area (Å²) in [4.78, 5) is 12.2. The quantitative estimate of drug-likeness (QED) is 0.857. The van der Waals surface area contributed by atoms with Crippen molar-refractivity contribution < 1.29 is 4.79 Å². The fraction of sp³-hybridized carbons (Fsp3) is 0.533. The molecule has 0 aromatic heterocycles. The molecule has 1 saturated carbocycles. The summed E-state index contributed by atoms with van der Waals surface area (Å²) in [7, 11) is 0. The van der Waals surface area contributed by atoms with Gasteiger partial charge in [-0.25, -0.2) is 0 Å². The van der Waals surface area contributed by atoms with Crippen LogP contribution >= 0.6 is 0 Å². The predicted molar refractivity (Wildman–Crippen MR) is 72.6 cm³/mol. The molecule has 2 N–H and O–H groups in total. The maximum absolute atomic E-state index is 12.2. The molecular formula is C15H20N2O. The zero-order valence-electron chi connectivity index (χ0n) is 11.0. The van der Waals surface area contributed by atoms with E-state index >= 15 is 0 Å². The van der Waals surface area contributed by atoms with Crippen molar-refractivity contribution in [2.24, 2.45) is 11.3 Å². The molecule has 1 aromatic carbocycles. The Morgan fingerprint density at radius 3 is 2.89 bits per heavy atom. The first-order valence-corrected chi connectivity index (χ1v) is 6.68. The van der Waals surface area contributed by atoms with Gasteiger partial charge in [0, 0.05) is 18.8 Å². The zero-order chi connectivity index (χ0) is 12.8. The number of hydrogen-bond donors (Lipinski definition) is 2. The lowest BCUT2D eigenvalue weighted by molar-refractivity contribution is -0.122. The zero-order valence-corrected chi connectivity index (χ0v) is 11.0. The summed E-state index contributed by atoms with van der Waals surface area (Å²) in [5, 5.41) is 6.39. The number of para-hydroxylation sites is 1. The van der Waals surface area contributed by atoms with E-state index in [9.17, 15) is 4.79 Å². The van der Waals surface area contributed by atoms with E-state index in [4.69, 9.17) is 0 Å². The second kappa shape index (κ2) is 4.01. The van der Waals surface area contributed by atoms with Crippen molar-refractivity contribution in [2.45, 2.75) is 26.2 Å². The highest BCUT2D eigenvalue weighted by molar-refractivity contribution is 5.88. The van der Waals surface area contributed by atoms with Crippen LogP contribution in [0, 0.1) is 11.3 Å². The minimum Gasteiger partial charge on any atom is -0.384 e. The van der Waals surface area contributed by atoms with Crippen LogP contribution in [0.15, 0.2) is 24.3 Å². The molecule has 96 valence electrons. The number of rotatable bonds is 3. The summed E-state index contributed by atoms with van der Waals surface area (Å²) < 4.78 is 0. The van der Waals surface area contributed by atoms with Gasteiger partial charge in [-0.3, -0.25) is 4.79 Å². The van der Waals surface area contributed by atoms with Crippen molar-refractivity contribution in [3.05, 3.63) is 29.8 Å². The third kappa shape index (κ3) is 1.98. The number of carbonyl (C=O) groups excluding carboxylic acids is 1. The van der Waals surface area contributed by atoms with Gasteiger partial charge < -0.3 is 10.6 Å². The smallest absolute Gasteiger partial charge is 0.229 e. The number of hydrogen-bond acceptors (Lipinski definition) is 2. The van der Waals surface area contributed by atoms with E-state index in [1.807, 2.05) is 24.3 Å². The van der Waals surface area contributed by atoms with E-state index in [1.54, 1.807) is 0 Å². The number of benzene rings is 1. The van der Waals surface area contributed by atoms with Crippen LogP contribution in [-0.4, -0.2) is 19.0 Å². The van der Waals surface area contributed by atoms with Gasteiger partial charge in [0.1, 0.15) is 0 Å². The first-order chi connectivity index (χ1) is 8.58. The average Bonchev–Trinajstić information content (AvgIpc) is 2.78. The van der Waals surface area contributed by atoms with Gasteiger partial charge in [0.15, 0.2) is 0 Å². The van der Waals surface area contributed by atoms with Crippen LogP contribution in [0.4, 0.5) is 5.69 Å². The van der Waals surface area contributed by atoms with Gasteiger partial charge >= 0.3 is 0 Å². The largest absolute Gasteiger partial charge is 0.384 e. The monoisotopic (exact) mass is 244 g/mol. The van der Waals surface area contributed by atoms with Crippen LogP contribution in [0.2, 0.25) is 0 Å². The second-order valence-electron chi connectivity index (χ2n) is 6.16. The van der Waals surface area contributed by atoms with Crippen molar-refractivity contribution in [2.75, 3.05) is 18.4 Å². The summed E-state index contributed by atoms with van der Waals surface area (Å²) in [5.41, 5.74) is 2.66. The van der Waals surface area contributed by atoms with Crippen molar-refractivity contribution in [1.82, 2.24) is 5.32 Å². The maximum Gasteiger partial charge on any atom is 0.229 e. The number of amides is 1. The van der Waals surface area contributed by atoms with Crippen molar-refractivity contribution >= 4 is 11.6 Å². The average molecular weight is 244 g/mol. The van der Waals surface area contributed by atoms with Crippen LogP contribution in [0.1, 0.15) is 31.7 Å². The van der Waals surface area contributed by atoms with Crippen LogP contribution < -0.4 is 10.6 Å². The van der Waals surface area contributed by atoms with E-state index in [1.165, 1.54) is 6.42 Å². The number of nitrogens with one attached hydrogen (secondary N) is 2. The maximum atomic E-state index is 12.2. The fourth-order valence-electron chi connectivity index (χ4n) is 2.79. The SMILES string of the molecule is CC1(C)CC1CNC(=O)C1CNc2ccccc21. The lowest BCUT2D eigenvalue weighted by atomic mass is 10.0. The molecule has 0 bridgehead atoms. The molecule has 1 amide bonds. The first kappa shape index (κ1) is 11.6. The van der Waals surface area contributed by atoms with Gasteiger partial charge in [-0.1, -0.05) is 32.0 Å². The molecule has 3 nitrogen and oxygen atoms in total. The number of fused-ring (bicyclic) bond motifs is 1. The predicted octanol–water partition coefficient (Wildman–Crippen LogP) is 2.36. The van der Waals surface area contributed by atoms with Crippen LogP contribution in [0.25, 0.3) is 0 Å². The minimum absolute atomic E-state index is 0.0249. The molecule has 1 aliphatic carbocycles. The van der Waals surface area contributed by atoms with Crippen LogP contribution in [0.3, 0.4) is 0 Å². The van der Waals surface area contributed by atoms with E-state index in [-0.39, 0.29) is 11.8 Å². The van der Waals surface area contributed by atoms with Crippen LogP contribution in [-0.2, 0) is 4.79 Å². The summed E-state index contributed by atoms with van der Waals surface area (Å²) in [6.07, 6.45) is 1.23. The molecule has 3 heteroatoms. The molecule has 0 saturated heterocycles. The van der Waals surface area contributed by atoms with Gasteiger partial charge in [0.2, 0.25) is 5.91 Å². The van der Waals surface area contributed by atoms with E-state index in [0.717, 1.165) is 24.3 Å². The van der Waals surface area contributed by atoms with Gasteiger partial charge in [-0.05, 0) is 29.4 Å². The minimum atomic E-state index is -0.0249. The third-order valence-electron chi connectivity index (χ3n) is 4.39. The standard InChI is InChI=1S/C15H20N2O/c1-15(2)7-10(15)8-17-14(18)12-9-16-13-6-4-3-5-11(12)13/h3-6,10,12,16H,7-9H2,1-2H3,(H,17,18). The summed E-state index contributed by atoms with van der Waals surface area (Å²) >= 11 is 0. The number of anilines is 1. The lowest BCUT2D eigenvalue weighted by Crippen LogP contribution is -2.32. The molecule has 2 unspecified atom stereocenters. The van der Waals surface area contributed by atoms with Crippen molar-refractivity contribution in [3.8, 4) is 0 Å². The Hall–Kier alpha value is -1.51. The van der Waals surface area contributed by atoms with E-state index in [2.05, 4.69) is 24.5 Å². The van der Waals surface area contributed by atoms with Gasteiger partial charge in [0.05, 0.1) is 5.92 Å². The molecule has 2 aliphatic rings. The van der Waals surface area contributed by atoms with Crippen molar-refractivity contribution in [1.29, 1.82) is 0 Å². The summed E-state index contributed by atoms with van der Waals surface area (Å²) in [6, 6.07) is 8.07. The highest BCUT2D eigenvalue weighted by Crippen LogP contribution is 2.51. The highest BCUT2D eigenvalue weighted by Gasteiger charge is 2.45. The Morgan fingerprint density at radius 2 is 2.17 bits per heavy atom. The molecule has 18 heavy (non-hydrogen) atoms. The third-order valence-corrected chi connectivity index (χ3v) is 4.39. The van der Waals surface area contributed by atoms with Gasteiger partial charge in [-0.2, -0.15) is 0 Å². The molecule has 1 fully saturated rings. The highest BCUT2D eigenvalue weighted by atomic mass is 16.1. The van der Waals surface area contributed by atoms with E-state index in [0.29, 0.717) is 11.3 Å². The first-order valence-electron chi connectivity index (χ1n) is 6.68. The topological polar surface area (TPSA) is 41.1 Å². The molecule has 2 atom stereocenters. The van der Waals surface area contributed by atoms with Crippen molar-refractivity contribution in [3.63, 3.8) is 0 Å². The molecule has 3 rings (SSSR count). The second-order valence-corrected chi connectivity index (χ2v) is 6.16.